The molecule has 100 valence electrons. The largest absolute Gasteiger partial charge is 0.492 e. The lowest BCUT2D eigenvalue weighted by Gasteiger charge is -2.31. The first-order chi connectivity index (χ1) is 8.48. The smallest absolute Gasteiger partial charge is 0.122 e. The molecule has 2 rings (SSSR count). The molecule has 1 aliphatic rings. The van der Waals surface area contributed by atoms with Crippen molar-refractivity contribution in [3.8, 4) is 5.75 Å². The van der Waals surface area contributed by atoms with E-state index in [1.807, 2.05) is 0 Å². The third-order valence-electron chi connectivity index (χ3n) is 3.93. The third-order valence-corrected chi connectivity index (χ3v) is 3.93. The number of nitrogens with zero attached hydrogens (tertiary/aromatic N) is 1. The van der Waals surface area contributed by atoms with Crippen LogP contribution in [0.2, 0.25) is 0 Å². The van der Waals surface area contributed by atoms with Gasteiger partial charge in [-0.25, -0.2) is 0 Å². The molecule has 0 spiro atoms. The highest BCUT2D eigenvalue weighted by Crippen LogP contribution is 2.30. The maximum Gasteiger partial charge on any atom is 0.122 e. The molecule has 0 radical (unpaired) electrons. The zero-order valence-electron chi connectivity index (χ0n) is 12.1. The van der Waals surface area contributed by atoms with Crippen molar-refractivity contribution in [2.24, 2.45) is 0 Å². The van der Waals surface area contributed by atoms with Gasteiger partial charge in [0.2, 0.25) is 0 Å². The zero-order chi connectivity index (χ0) is 13.2. The number of likely N-dealkylation sites (N-methyl/N-ethyl adjacent to an activating group) is 1. The average Bonchev–Trinajstić information content (AvgIpc) is 2.76. The number of fused-ring (bicyclic) bond motifs is 1. The lowest BCUT2D eigenvalue weighted by atomic mass is 10.1. The quantitative estimate of drug-likeness (QED) is 0.809. The second-order valence-electron chi connectivity index (χ2n) is 6.19. The van der Waals surface area contributed by atoms with Crippen LogP contribution < -0.4 is 4.74 Å². The number of ether oxygens (including phenoxy) is 1. The van der Waals surface area contributed by atoms with Gasteiger partial charge in [0.1, 0.15) is 12.4 Å². The lowest BCUT2D eigenvalue weighted by Crippen LogP contribution is -2.40. The molecule has 0 saturated heterocycles. The van der Waals surface area contributed by atoms with Crippen molar-refractivity contribution < 1.29 is 4.74 Å². The van der Waals surface area contributed by atoms with E-state index in [0.29, 0.717) is 0 Å². The Labute approximate surface area is 111 Å². The molecule has 0 aliphatic heterocycles. The molecule has 0 heterocycles. The molecular weight excluding hydrogens is 222 g/mol. The predicted molar refractivity (Wildman–Crippen MR) is 76.3 cm³/mol. The Bertz CT molecular complexity index is 406. The van der Waals surface area contributed by atoms with Gasteiger partial charge >= 0.3 is 0 Å². The Hall–Kier alpha value is -1.02. The van der Waals surface area contributed by atoms with E-state index in [9.17, 15) is 0 Å². The molecule has 0 aromatic heterocycles. The zero-order valence-corrected chi connectivity index (χ0v) is 12.1. The van der Waals surface area contributed by atoms with E-state index >= 15 is 0 Å². The van der Waals surface area contributed by atoms with Gasteiger partial charge in [-0.15, -0.1) is 0 Å². The predicted octanol–water partition coefficient (Wildman–Crippen LogP) is 3.28. The number of benzene rings is 1. The highest BCUT2D eigenvalue weighted by molar-refractivity contribution is 5.42. The van der Waals surface area contributed by atoms with E-state index in [4.69, 9.17) is 4.74 Å². The number of hydrogen-bond acceptors (Lipinski definition) is 2. The molecule has 0 saturated carbocycles. The summed E-state index contributed by atoms with van der Waals surface area (Å²) in [6.07, 6.45) is 3.67. The normalized spacial score (nSPS) is 14.9. The van der Waals surface area contributed by atoms with Crippen LogP contribution >= 0.6 is 0 Å². The molecular formula is C16H25NO. The molecule has 1 aromatic rings. The first-order valence-corrected chi connectivity index (χ1v) is 6.93. The van der Waals surface area contributed by atoms with Gasteiger partial charge < -0.3 is 4.74 Å². The minimum atomic E-state index is 0.210. The molecule has 0 bridgehead atoms. The highest BCUT2D eigenvalue weighted by atomic mass is 16.5. The first-order valence-electron chi connectivity index (χ1n) is 6.93. The minimum Gasteiger partial charge on any atom is -0.492 e. The van der Waals surface area contributed by atoms with Gasteiger partial charge in [0.25, 0.3) is 0 Å². The van der Waals surface area contributed by atoms with Crippen LogP contribution in [0.5, 0.6) is 5.75 Å². The van der Waals surface area contributed by atoms with Crippen molar-refractivity contribution >= 4 is 0 Å². The Morgan fingerprint density at radius 1 is 1.22 bits per heavy atom. The Kier molecular flexibility index (Phi) is 3.96. The van der Waals surface area contributed by atoms with Crippen LogP contribution in [0.15, 0.2) is 18.2 Å². The summed E-state index contributed by atoms with van der Waals surface area (Å²) in [5.41, 5.74) is 3.13. The maximum atomic E-state index is 5.97. The average molecular weight is 247 g/mol. The van der Waals surface area contributed by atoms with Crippen LogP contribution in [-0.4, -0.2) is 30.6 Å². The Morgan fingerprint density at radius 2 is 2.00 bits per heavy atom. The van der Waals surface area contributed by atoms with Crippen molar-refractivity contribution in [1.29, 1.82) is 0 Å². The SMILES string of the molecule is CN(CCOc1cccc2c1CCC2)C(C)(C)C. The molecule has 2 heteroatoms. The first kappa shape index (κ1) is 13.4. The summed E-state index contributed by atoms with van der Waals surface area (Å²) in [7, 11) is 2.15. The monoisotopic (exact) mass is 247 g/mol. The summed E-state index contributed by atoms with van der Waals surface area (Å²) in [6, 6.07) is 6.46. The fourth-order valence-corrected chi connectivity index (χ4v) is 2.35. The van der Waals surface area contributed by atoms with Crippen molar-refractivity contribution in [2.75, 3.05) is 20.2 Å². The molecule has 0 fully saturated rings. The van der Waals surface area contributed by atoms with E-state index in [0.717, 1.165) is 18.9 Å². The van der Waals surface area contributed by atoms with E-state index in [1.54, 1.807) is 0 Å². The molecule has 0 N–H and O–H groups in total. The van der Waals surface area contributed by atoms with E-state index in [2.05, 4.69) is 50.9 Å². The molecule has 0 amide bonds. The summed E-state index contributed by atoms with van der Waals surface area (Å²) in [6.45, 7) is 8.42. The fraction of sp³-hybridized carbons (Fsp3) is 0.625. The number of aryl methyl sites for hydroxylation is 1. The van der Waals surface area contributed by atoms with Crippen molar-refractivity contribution in [3.05, 3.63) is 29.3 Å². The highest BCUT2D eigenvalue weighted by Gasteiger charge is 2.18. The van der Waals surface area contributed by atoms with Gasteiger partial charge in [-0.05, 0) is 64.3 Å². The molecule has 1 aromatic carbocycles. The van der Waals surface area contributed by atoms with Crippen molar-refractivity contribution in [2.45, 2.75) is 45.6 Å². The van der Waals surface area contributed by atoms with Gasteiger partial charge in [0.15, 0.2) is 0 Å². The van der Waals surface area contributed by atoms with Crippen molar-refractivity contribution in [3.63, 3.8) is 0 Å². The minimum absolute atomic E-state index is 0.210. The van der Waals surface area contributed by atoms with Gasteiger partial charge in [-0.3, -0.25) is 4.90 Å². The number of rotatable bonds is 4. The van der Waals surface area contributed by atoms with Gasteiger partial charge in [-0.2, -0.15) is 0 Å². The van der Waals surface area contributed by atoms with Gasteiger partial charge in [0.05, 0.1) is 0 Å². The fourth-order valence-electron chi connectivity index (χ4n) is 2.35. The second-order valence-corrected chi connectivity index (χ2v) is 6.19. The van der Waals surface area contributed by atoms with Crippen LogP contribution in [0.4, 0.5) is 0 Å². The molecule has 0 atom stereocenters. The topological polar surface area (TPSA) is 12.5 Å². The molecule has 2 nitrogen and oxygen atoms in total. The summed E-state index contributed by atoms with van der Waals surface area (Å²) >= 11 is 0. The Balaban J connectivity index is 1.90. The standard InChI is InChI=1S/C16H25NO/c1-16(2,3)17(4)11-12-18-15-10-6-8-13-7-5-9-14(13)15/h6,8,10H,5,7,9,11-12H2,1-4H3. The summed E-state index contributed by atoms with van der Waals surface area (Å²) < 4.78 is 5.97. The maximum absolute atomic E-state index is 5.97. The van der Waals surface area contributed by atoms with Crippen LogP contribution in [0.1, 0.15) is 38.3 Å². The van der Waals surface area contributed by atoms with Crippen LogP contribution in [0.25, 0.3) is 0 Å². The van der Waals surface area contributed by atoms with Crippen molar-refractivity contribution in [1.82, 2.24) is 4.90 Å². The van der Waals surface area contributed by atoms with Crippen LogP contribution in [-0.2, 0) is 12.8 Å². The molecule has 1 aliphatic carbocycles. The van der Waals surface area contributed by atoms with E-state index in [1.165, 1.54) is 30.4 Å². The van der Waals surface area contributed by atoms with Gasteiger partial charge in [-0.1, -0.05) is 12.1 Å². The summed E-state index contributed by atoms with van der Waals surface area (Å²) in [4.78, 5) is 2.33. The number of hydrogen-bond donors (Lipinski definition) is 0. The Morgan fingerprint density at radius 3 is 2.72 bits per heavy atom. The molecule has 0 unspecified atom stereocenters. The molecule has 18 heavy (non-hydrogen) atoms. The van der Waals surface area contributed by atoms with E-state index < -0.39 is 0 Å². The summed E-state index contributed by atoms with van der Waals surface area (Å²) in [5, 5.41) is 0. The second kappa shape index (κ2) is 5.31. The lowest BCUT2D eigenvalue weighted by molar-refractivity contribution is 0.144. The van der Waals surface area contributed by atoms with E-state index in [-0.39, 0.29) is 5.54 Å². The summed E-state index contributed by atoms with van der Waals surface area (Å²) in [5.74, 6) is 1.10. The van der Waals surface area contributed by atoms with Crippen LogP contribution in [0, 0.1) is 0 Å². The third kappa shape index (κ3) is 3.05. The van der Waals surface area contributed by atoms with Crippen LogP contribution in [0.3, 0.4) is 0 Å². The van der Waals surface area contributed by atoms with Gasteiger partial charge in [0, 0.05) is 12.1 Å².